The van der Waals surface area contributed by atoms with Gasteiger partial charge in [0.1, 0.15) is 11.6 Å². The largest absolute Gasteiger partial charge is 0.338 e. The van der Waals surface area contributed by atoms with Crippen molar-refractivity contribution in [2.24, 2.45) is 0 Å². The fourth-order valence-corrected chi connectivity index (χ4v) is 4.12. The highest BCUT2D eigenvalue weighted by Crippen LogP contribution is 2.37. The first-order chi connectivity index (χ1) is 16.1. The monoisotopic (exact) mass is 462 g/mol. The molecule has 0 aliphatic heterocycles. The van der Waals surface area contributed by atoms with Gasteiger partial charge in [0, 0.05) is 29.6 Å². The molecule has 0 spiro atoms. The highest BCUT2D eigenvalue weighted by atomic mass is 32.2. The Balaban J connectivity index is 1.52. The van der Waals surface area contributed by atoms with Gasteiger partial charge in [0.2, 0.25) is 11.7 Å². The maximum Gasteiger partial charge on any atom is 0.240 e. The Morgan fingerprint density at radius 1 is 0.939 bits per heavy atom. The van der Waals surface area contributed by atoms with Crippen molar-refractivity contribution in [3.8, 4) is 28.5 Å². The van der Waals surface area contributed by atoms with E-state index in [-0.39, 0.29) is 10.9 Å². The van der Waals surface area contributed by atoms with Crippen molar-refractivity contribution in [1.82, 2.24) is 29.9 Å². The molecule has 0 aliphatic rings. The summed E-state index contributed by atoms with van der Waals surface area (Å²) in [5.41, 5.74) is 1.66. The summed E-state index contributed by atoms with van der Waals surface area (Å²) in [6.45, 7) is 1.87. The summed E-state index contributed by atoms with van der Waals surface area (Å²) in [5.74, 6) is -0.140. The summed E-state index contributed by atoms with van der Waals surface area (Å²) in [5, 5.41) is 12.7. The summed E-state index contributed by atoms with van der Waals surface area (Å²) in [4.78, 5) is 8.45. The molecule has 7 nitrogen and oxygen atoms in total. The van der Waals surface area contributed by atoms with Crippen LogP contribution in [0.5, 0.6) is 0 Å². The standard InChI is InChI=1S/C23H16F2N6OS/c1-14(22-27-20(30-32-22)15-9-11-26-12-10-15)33-23-29-28-21(16-5-3-2-4-6-16)31(23)19-8-7-17(24)13-18(19)25/h2-14H,1H3. The fourth-order valence-electron chi connectivity index (χ4n) is 3.23. The third-order valence-corrected chi connectivity index (χ3v) is 5.86. The molecule has 0 saturated heterocycles. The third-order valence-electron chi connectivity index (χ3n) is 4.83. The maximum atomic E-state index is 14.8. The first-order valence-electron chi connectivity index (χ1n) is 9.97. The van der Waals surface area contributed by atoms with Gasteiger partial charge in [-0.05, 0) is 31.2 Å². The van der Waals surface area contributed by atoms with Gasteiger partial charge >= 0.3 is 0 Å². The van der Waals surface area contributed by atoms with E-state index in [4.69, 9.17) is 4.52 Å². The molecular weight excluding hydrogens is 446 g/mol. The molecule has 164 valence electrons. The number of hydrogen-bond donors (Lipinski definition) is 0. The minimum Gasteiger partial charge on any atom is -0.338 e. The number of thioether (sulfide) groups is 1. The summed E-state index contributed by atoms with van der Waals surface area (Å²) >= 11 is 1.28. The molecular formula is C23H16F2N6OS. The lowest BCUT2D eigenvalue weighted by molar-refractivity contribution is 0.380. The van der Waals surface area contributed by atoms with Crippen LogP contribution in [-0.4, -0.2) is 29.9 Å². The molecule has 0 bridgehead atoms. The van der Waals surface area contributed by atoms with Gasteiger partial charge in [-0.3, -0.25) is 9.55 Å². The highest BCUT2D eigenvalue weighted by molar-refractivity contribution is 7.99. The van der Waals surface area contributed by atoms with Crippen molar-refractivity contribution in [1.29, 1.82) is 0 Å². The predicted molar refractivity (Wildman–Crippen MR) is 119 cm³/mol. The van der Waals surface area contributed by atoms with Gasteiger partial charge in [0.25, 0.3) is 0 Å². The van der Waals surface area contributed by atoms with Gasteiger partial charge in [-0.25, -0.2) is 8.78 Å². The smallest absolute Gasteiger partial charge is 0.240 e. The molecule has 2 aromatic carbocycles. The molecule has 0 aliphatic carbocycles. The molecule has 0 amide bonds. The Kier molecular flexibility index (Phi) is 5.66. The van der Waals surface area contributed by atoms with Crippen LogP contribution in [0, 0.1) is 11.6 Å². The molecule has 0 fully saturated rings. The molecule has 5 aromatic rings. The van der Waals surface area contributed by atoms with Crippen LogP contribution in [0.3, 0.4) is 0 Å². The highest BCUT2D eigenvalue weighted by Gasteiger charge is 2.24. The van der Waals surface area contributed by atoms with Gasteiger partial charge in [0.05, 0.1) is 10.9 Å². The van der Waals surface area contributed by atoms with Crippen molar-refractivity contribution >= 4 is 11.8 Å². The van der Waals surface area contributed by atoms with Gasteiger partial charge in [-0.15, -0.1) is 10.2 Å². The summed E-state index contributed by atoms with van der Waals surface area (Å²) in [6, 6.07) is 16.2. The number of hydrogen-bond acceptors (Lipinski definition) is 7. The summed E-state index contributed by atoms with van der Waals surface area (Å²) in [7, 11) is 0. The van der Waals surface area contributed by atoms with E-state index in [1.54, 1.807) is 29.1 Å². The number of nitrogens with zero attached hydrogens (tertiary/aromatic N) is 6. The third kappa shape index (κ3) is 4.24. The number of aromatic nitrogens is 6. The maximum absolute atomic E-state index is 14.8. The van der Waals surface area contributed by atoms with Gasteiger partial charge < -0.3 is 4.52 Å². The molecule has 3 heterocycles. The molecule has 5 rings (SSSR count). The van der Waals surface area contributed by atoms with Crippen molar-refractivity contribution < 1.29 is 13.3 Å². The fraction of sp³-hybridized carbons (Fsp3) is 0.0870. The molecule has 0 radical (unpaired) electrons. The first kappa shape index (κ1) is 21.0. The van der Waals surface area contributed by atoms with Crippen molar-refractivity contribution in [3.63, 3.8) is 0 Å². The van der Waals surface area contributed by atoms with E-state index in [2.05, 4.69) is 25.3 Å². The number of pyridine rings is 1. The van der Waals surface area contributed by atoms with E-state index >= 15 is 0 Å². The van der Waals surface area contributed by atoms with Crippen molar-refractivity contribution in [2.45, 2.75) is 17.3 Å². The lowest BCUT2D eigenvalue weighted by atomic mass is 10.2. The van der Waals surface area contributed by atoms with Gasteiger partial charge in [-0.2, -0.15) is 4.98 Å². The van der Waals surface area contributed by atoms with E-state index in [9.17, 15) is 8.78 Å². The zero-order valence-electron chi connectivity index (χ0n) is 17.3. The molecule has 0 saturated carbocycles. The average molecular weight is 462 g/mol. The average Bonchev–Trinajstić information content (AvgIpc) is 3.48. The quantitative estimate of drug-likeness (QED) is 0.308. The molecule has 1 atom stereocenters. The second-order valence-corrected chi connectivity index (χ2v) is 8.36. The number of benzene rings is 2. The molecule has 3 aromatic heterocycles. The Morgan fingerprint density at radius 2 is 1.73 bits per heavy atom. The van der Waals surface area contributed by atoms with E-state index in [1.807, 2.05) is 37.3 Å². The van der Waals surface area contributed by atoms with Gasteiger partial charge in [-0.1, -0.05) is 47.3 Å². The molecule has 1 unspecified atom stereocenters. The zero-order valence-corrected chi connectivity index (χ0v) is 18.1. The van der Waals surface area contributed by atoms with Crippen LogP contribution in [0.25, 0.3) is 28.5 Å². The minimum atomic E-state index is -0.723. The predicted octanol–water partition coefficient (Wildman–Crippen LogP) is 5.51. The van der Waals surface area contributed by atoms with E-state index in [0.717, 1.165) is 17.2 Å². The Bertz CT molecular complexity index is 1390. The van der Waals surface area contributed by atoms with Crippen LogP contribution < -0.4 is 0 Å². The van der Waals surface area contributed by atoms with Crippen LogP contribution in [0.15, 0.2) is 82.7 Å². The SMILES string of the molecule is CC(Sc1nnc(-c2ccccc2)n1-c1ccc(F)cc1F)c1nc(-c2ccncc2)no1. The first-order valence-corrected chi connectivity index (χ1v) is 10.8. The Morgan fingerprint density at radius 3 is 2.48 bits per heavy atom. The molecule has 33 heavy (non-hydrogen) atoms. The second-order valence-electron chi connectivity index (χ2n) is 7.06. The molecule has 10 heteroatoms. The zero-order chi connectivity index (χ0) is 22.8. The van der Waals surface area contributed by atoms with Crippen LogP contribution in [-0.2, 0) is 0 Å². The normalized spacial score (nSPS) is 12.1. The van der Waals surface area contributed by atoms with Crippen LogP contribution in [0.2, 0.25) is 0 Å². The number of halogens is 2. The minimum absolute atomic E-state index is 0.137. The van der Waals surface area contributed by atoms with E-state index in [0.29, 0.717) is 22.7 Å². The van der Waals surface area contributed by atoms with Crippen molar-refractivity contribution in [2.75, 3.05) is 0 Å². The lowest BCUT2D eigenvalue weighted by Gasteiger charge is -2.12. The van der Waals surface area contributed by atoms with E-state index < -0.39 is 11.6 Å². The lowest BCUT2D eigenvalue weighted by Crippen LogP contribution is -2.04. The summed E-state index contributed by atoms with van der Waals surface area (Å²) in [6.07, 6.45) is 3.29. The topological polar surface area (TPSA) is 82.5 Å². The van der Waals surface area contributed by atoms with Crippen LogP contribution >= 0.6 is 11.8 Å². The van der Waals surface area contributed by atoms with Gasteiger partial charge in [0.15, 0.2) is 11.0 Å². The van der Waals surface area contributed by atoms with Crippen molar-refractivity contribution in [3.05, 3.63) is 90.6 Å². The Labute approximate surface area is 191 Å². The Hall–Kier alpha value is -3.92. The van der Waals surface area contributed by atoms with E-state index in [1.165, 1.54) is 23.9 Å². The number of rotatable bonds is 6. The molecule has 0 N–H and O–H groups in total. The summed E-state index contributed by atoms with van der Waals surface area (Å²) < 4.78 is 35.3. The van der Waals surface area contributed by atoms with Crippen LogP contribution in [0.4, 0.5) is 8.78 Å². The second kappa shape index (κ2) is 8.91. The van der Waals surface area contributed by atoms with Crippen LogP contribution in [0.1, 0.15) is 18.1 Å².